The van der Waals surface area contributed by atoms with Crippen LogP contribution in [0.4, 0.5) is 5.69 Å². The molecular formula is C13H11BrN4O. The largest absolute Gasteiger partial charge is 0.397 e. The van der Waals surface area contributed by atoms with Crippen LogP contribution in [-0.4, -0.2) is 14.5 Å². The molecular weight excluding hydrogens is 308 g/mol. The van der Waals surface area contributed by atoms with Gasteiger partial charge in [-0.05, 0) is 18.2 Å². The van der Waals surface area contributed by atoms with Crippen molar-refractivity contribution in [3.05, 3.63) is 45.3 Å². The van der Waals surface area contributed by atoms with Gasteiger partial charge in [-0.15, -0.1) is 0 Å². The van der Waals surface area contributed by atoms with Gasteiger partial charge in [0.1, 0.15) is 11.3 Å². The molecule has 2 aromatic heterocycles. The minimum absolute atomic E-state index is 0.0768. The summed E-state index contributed by atoms with van der Waals surface area (Å²) in [5, 5.41) is 0. The summed E-state index contributed by atoms with van der Waals surface area (Å²) in [6, 6.07) is 7.09. The fourth-order valence-corrected chi connectivity index (χ4v) is 2.42. The molecule has 3 rings (SSSR count). The summed E-state index contributed by atoms with van der Waals surface area (Å²) >= 11 is 3.39. The Labute approximate surface area is 117 Å². The zero-order valence-corrected chi connectivity index (χ0v) is 11.7. The van der Waals surface area contributed by atoms with Gasteiger partial charge in [0.2, 0.25) is 0 Å². The molecule has 6 heteroatoms. The Kier molecular flexibility index (Phi) is 2.67. The second-order valence-corrected chi connectivity index (χ2v) is 5.26. The van der Waals surface area contributed by atoms with Gasteiger partial charge >= 0.3 is 0 Å². The molecule has 0 aliphatic carbocycles. The molecule has 0 aliphatic rings. The molecule has 0 saturated carbocycles. The van der Waals surface area contributed by atoms with Crippen LogP contribution in [0.1, 0.15) is 0 Å². The van der Waals surface area contributed by atoms with Crippen LogP contribution >= 0.6 is 15.9 Å². The summed E-state index contributed by atoms with van der Waals surface area (Å²) in [5.41, 5.74) is 8.73. The highest BCUT2D eigenvalue weighted by Gasteiger charge is 2.09. The molecule has 5 nitrogen and oxygen atoms in total. The first-order valence-corrected chi connectivity index (χ1v) is 6.46. The molecule has 0 amide bonds. The van der Waals surface area contributed by atoms with Crippen molar-refractivity contribution in [1.29, 1.82) is 0 Å². The average molecular weight is 319 g/mol. The topological polar surface area (TPSA) is 76.7 Å². The van der Waals surface area contributed by atoms with Crippen molar-refractivity contribution in [2.75, 3.05) is 5.73 Å². The van der Waals surface area contributed by atoms with Crippen LogP contribution in [0, 0.1) is 0 Å². The second kappa shape index (κ2) is 4.24. The van der Waals surface area contributed by atoms with Crippen molar-refractivity contribution in [3.63, 3.8) is 0 Å². The van der Waals surface area contributed by atoms with Gasteiger partial charge in [0.25, 0.3) is 5.56 Å². The maximum absolute atomic E-state index is 11.6. The summed E-state index contributed by atoms with van der Waals surface area (Å²) in [7, 11) is 1.71. The summed E-state index contributed by atoms with van der Waals surface area (Å²) in [4.78, 5) is 19.3. The molecule has 0 fully saturated rings. The van der Waals surface area contributed by atoms with E-state index in [1.54, 1.807) is 25.4 Å². The molecule has 19 heavy (non-hydrogen) atoms. The van der Waals surface area contributed by atoms with Gasteiger partial charge in [-0.1, -0.05) is 15.9 Å². The number of rotatable bonds is 1. The number of imidazole rings is 1. The Balaban J connectivity index is 2.23. The lowest BCUT2D eigenvalue weighted by atomic mass is 10.2. The van der Waals surface area contributed by atoms with Crippen molar-refractivity contribution in [2.24, 2.45) is 7.05 Å². The van der Waals surface area contributed by atoms with Crippen molar-refractivity contribution in [1.82, 2.24) is 14.5 Å². The molecule has 2 heterocycles. The van der Waals surface area contributed by atoms with E-state index in [0.717, 1.165) is 15.6 Å². The lowest BCUT2D eigenvalue weighted by Crippen LogP contribution is -2.14. The van der Waals surface area contributed by atoms with Gasteiger partial charge in [-0.3, -0.25) is 4.79 Å². The van der Waals surface area contributed by atoms with E-state index in [9.17, 15) is 4.79 Å². The standard InChI is InChI=1S/C13H11BrN4O/c1-18-3-2-7(4-11(18)19)13-16-10-6-8(14)5-9(15)12(10)17-13/h2-6H,15H2,1H3,(H,16,17). The number of aryl methyl sites for hydroxylation is 1. The Morgan fingerprint density at radius 2 is 2.16 bits per heavy atom. The van der Waals surface area contributed by atoms with Crippen LogP contribution in [0.15, 0.2) is 39.7 Å². The quantitative estimate of drug-likeness (QED) is 0.676. The van der Waals surface area contributed by atoms with E-state index in [2.05, 4.69) is 25.9 Å². The molecule has 3 aromatic rings. The third-order valence-corrected chi connectivity index (χ3v) is 3.42. The normalized spacial score (nSPS) is 11.1. The highest BCUT2D eigenvalue weighted by molar-refractivity contribution is 9.10. The predicted octanol–water partition coefficient (Wildman–Crippen LogP) is 2.27. The smallest absolute Gasteiger partial charge is 0.250 e. The first kappa shape index (κ1) is 12.0. The maximum Gasteiger partial charge on any atom is 0.250 e. The van der Waals surface area contributed by atoms with E-state index >= 15 is 0 Å². The van der Waals surface area contributed by atoms with Gasteiger partial charge in [0.05, 0.1) is 11.2 Å². The molecule has 0 unspecified atom stereocenters. The number of nitrogens with zero attached hydrogens (tertiary/aromatic N) is 2. The van der Waals surface area contributed by atoms with Gasteiger partial charge in [-0.2, -0.15) is 0 Å². The van der Waals surface area contributed by atoms with E-state index in [4.69, 9.17) is 5.73 Å². The highest BCUT2D eigenvalue weighted by atomic mass is 79.9. The van der Waals surface area contributed by atoms with Gasteiger partial charge in [0.15, 0.2) is 0 Å². The molecule has 96 valence electrons. The van der Waals surface area contributed by atoms with E-state index in [0.29, 0.717) is 17.0 Å². The number of aromatic nitrogens is 3. The highest BCUT2D eigenvalue weighted by Crippen LogP contribution is 2.27. The van der Waals surface area contributed by atoms with Gasteiger partial charge < -0.3 is 15.3 Å². The summed E-state index contributed by atoms with van der Waals surface area (Å²) < 4.78 is 2.40. The average Bonchev–Trinajstić information content (AvgIpc) is 2.76. The van der Waals surface area contributed by atoms with Crippen LogP contribution in [-0.2, 0) is 7.05 Å². The van der Waals surface area contributed by atoms with Crippen molar-refractivity contribution in [2.45, 2.75) is 0 Å². The summed E-state index contributed by atoms with van der Waals surface area (Å²) in [6.45, 7) is 0. The van der Waals surface area contributed by atoms with Gasteiger partial charge in [0, 0.05) is 29.3 Å². The SMILES string of the molecule is Cn1ccc(-c2nc3c(N)cc(Br)cc3[nH]2)cc1=O. The number of anilines is 1. The molecule has 0 radical (unpaired) electrons. The number of pyridine rings is 1. The summed E-state index contributed by atoms with van der Waals surface area (Å²) in [5.74, 6) is 0.637. The number of H-pyrrole nitrogens is 1. The van der Waals surface area contributed by atoms with Crippen molar-refractivity contribution in [3.8, 4) is 11.4 Å². The third kappa shape index (κ3) is 2.04. The first-order valence-electron chi connectivity index (χ1n) is 5.66. The number of fused-ring (bicyclic) bond motifs is 1. The zero-order valence-electron chi connectivity index (χ0n) is 10.1. The monoisotopic (exact) mass is 318 g/mol. The van der Waals surface area contributed by atoms with E-state index in [-0.39, 0.29) is 5.56 Å². The number of aromatic amines is 1. The maximum atomic E-state index is 11.6. The number of nitrogens with one attached hydrogen (secondary N) is 1. The van der Waals surface area contributed by atoms with E-state index < -0.39 is 0 Å². The van der Waals surface area contributed by atoms with Crippen molar-refractivity contribution >= 4 is 32.7 Å². The second-order valence-electron chi connectivity index (χ2n) is 4.34. The number of nitrogen functional groups attached to an aromatic ring is 1. The lowest BCUT2D eigenvalue weighted by Gasteiger charge is -1.98. The third-order valence-electron chi connectivity index (χ3n) is 2.96. The minimum atomic E-state index is -0.0768. The Bertz CT molecular complexity index is 834. The fourth-order valence-electron chi connectivity index (χ4n) is 1.94. The Hall–Kier alpha value is -2.08. The molecule has 1 aromatic carbocycles. The van der Waals surface area contributed by atoms with Crippen LogP contribution in [0.5, 0.6) is 0 Å². The number of halogens is 1. The molecule has 0 saturated heterocycles. The predicted molar refractivity (Wildman–Crippen MR) is 78.9 cm³/mol. The lowest BCUT2D eigenvalue weighted by molar-refractivity contribution is 0.860. The first-order chi connectivity index (χ1) is 9.04. The van der Waals surface area contributed by atoms with E-state index in [1.807, 2.05) is 12.1 Å². The number of benzene rings is 1. The Morgan fingerprint density at radius 3 is 2.89 bits per heavy atom. The van der Waals surface area contributed by atoms with Crippen molar-refractivity contribution < 1.29 is 0 Å². The van der Waals surface area contributed by atoms with Crippen LogP contribution in [0.25, 0.3) is 22.4 Å². The number of hydrogen-bond donors (Lipinski definition) is 2. The number of hydrogen-bond acceptors (Lipinski definition) is 3. The van der Waals surface area contributed by atoms with Crippen LogP contribution in [0.3, 0.4) is 0 Å². The van der Waals surface area contributed by atoms with Crippen LogP contribution in [0.2, 0.25) is 0 Å². The van der Waals surface area contributed by atoms with Crippen LogP contribution < -0.4 is 11.3 Å². The fraction of sp³-hybridized carbons (Fsp3) is 0.0769. The number of nitrogens with two attached hydrogens (primary N) is 1. The molecule has 0 bridgehead atoms. The minimum Gasteiger partial charge on any atom is -0.397 e. The molecule has 0 spiro atoms. The van der Waals surface area contributed by atoms with E-state index in [1.165, 1.54) is 4.57 Å². The summed E-state index contributed by atoms with van der Waals surface area (Å²) in [6.07, 6.45) is 1.71. The molecule has 0 aliphatic heterocycles. The molecule has 0 atom stereocenters. The van der Waals surface area contributed by atoms with Gasteiger partial charge in [-0.25, -0.2) is 4.98 Å². The molecule has 3 N–H and O–H groups in total. The zero-order chi connectivity index (χ0) is 13.6. The Morgan fingerprint density at radius 1 is 1.37 bits per heavy atom.